The van der Waals surface area contributed by atoms with E-state index in [0.29, 0.717) is 17.1 Å². The summed E-state index contributed by atoms with van der Waals surface area (Å²) in [5.74, 6) is -0.620. The number of hydrogen-bond acceptors (Lipinski definition) is 2. The lowest BCUT2D eigenvalue weighted by molar-refractivity contribution is 0.0695. The van der Waals surface area contributed by atoms with Gasteiger partial charge in [0.25, 0.3) is 0 Å². The second-order valence-electron chi connectivity index (χ2n) is 5.50. The summed E-state index contributed by atoms with van der Waals surface area (Å²) in [5.41, 5.74) is 2.00. The molecule has 1 N–H and O–H groups in total. The van der Waals surface area contributed by atoms with Crippen LogP contribution in [0, 0.1) is 0 Å². The van der Waals surface area contributed by atoms with Crippen LogP contribution in [0.5, 0.6) is 0 Å². The van der Waals surface area contributed by atoms with Gasteiger partial charge in [0.2, 0.25) is 0 Å². The molecular weight excluding hydrogens is 288 g/mol. The zero-order chi connectivity index (χ0) is 14.8. The smallest absolute Gasteiger partial charge is 0.339 e. The van der Waals surface area contributed by atoms with Crippen molar-refractivity contribution in [3.63, 3.8) is 0 Å². The van der Waals surface area contributed by atoms with Crippen molar-refractivity contribution >= 4 is 17.6 Å². The van der Waals surface area contributed by atoms with Gasteiger partial charge < -0.3 is 5.11 Å². The number of carboxylic acid groups (broad SMARTS) is 1. The van der Waals surface area contributed by atoms with E-state index >= 15 is 0 Å². The number of halogens is 1. The lowest BCUT2D eigenvalue weighted by Crippen LogP contribution is -2.04. The molecular formula is C16H17ClN2O2. The number of carboxylic acids is 1. The van der Waals surface area contributed by atoms with Gasteiger partial charge in [-0.25, -0.2) is 4.79 Å². The van der Waals surface area contributed by atoms with Crippen molar-refractivity contribution in [3.8, 4) is 0 Å². The minimum Gasteiger partial charge on any atom is -0.478 e. The molecule has 1 aliphatic rings. The maximum Gasteiger partial charge on any atom is 0.339 e. The monoisotopic (exact) mass is 304 g/mol. The normalized spacial score (nSPS) is 15.5. The van der Waals surface area contributed by atoms with Crippen molar-refractivity contribution in [2.75, 3.05) is 0 Å². The Morgan fingerprint density at radius 2 is 2.05 bits per heavy atom. The van der Waals surface area contributed by atoms with Crippen molar-refractivity contribution in [1.82, 2.24) is 9.78 Å². The second-order valence-corrected chi connectivity index (χ2v) is 5.91. The average molecular weight is 305 g/mol. The summed E-state index contributed by atoms with van der Waals surface area (Å²) in [4.78, 5) is 11.4. The summed E-state index contributed by atoms with van der Waals surface area (Å²) in [6.07, 6.45) is 5.99. The fourth-order valence-corrected chi connectivity index (χ4v) is 3.18. The predicted molar refractivity (Wildman–Crippen MR) is 80.9 cm³/mol. The molecule has 4 nitrogen and oxygen atoms in total. The number of aromatic carboxylic acids is 1. The van der Waals surface area contributed by atoms with Crippen molar-refractivity contribution in [2.24, 2.45) is 0 Å². The second kappa shape index (κ2) is 5.90. The highest BCUT2D eigenvalue weighted by atomic mass is 35.5. The first kappa shape index (κ1) is 14.1. The number of carbonyl (C=O) groups is 1. The standard InChI is InChI=1S/C16H17ClN2O2/c17-14-8-4-3-7-12(14)9-19-10-13(16(20)21)15(18-19)11-5-1-2-6-11/h3-4,7-8,10-11H,1-2,5-6,9H2,(H,20,21). The Hall–Kier alpha value is -1.81. The van der Waals surface area contributed by atoms with E-state index in [1.54, 1.807) is 10.9 Å². The third-order valence-corrected chi connectivity index (χ3v) is 4.42. The summed E-state index contributed by atoms with van der Waals surface area (Å²) >= 11 is 6.15. The number of nitrogens with zero attached hydrogens (tertiary/aromatic N) is 2. The highest BCUT2D eigenvalue weighted by Crippen LogP contribution is 2.35. The number of benzene rings is 1. The fraction of sp³-hybridized carbons (Fsp3) is 0.375. The Bertz CT molecular complexity index is 660. The van der Waals surface area contributed by atoms with Gasteiger partial charge in [0.1, 0.15) is 5.56 Å². The van der Waals surface area contributed by atoms with Crippen LogP contribution in [0.15, 0.2) is 30.5 Å². The van der Waals surface area contributed by atoms with Crippen molar-refractivity contribution in [3.05, 3.63) is 52.3 Å². The molecule has 21 heavy (non-hydrogen) atoms. The van der Waals surface area contributed by atoms with Gasteiger partial charge in [0, 0.05) is 17.1 Å². The van der Waals surface area contributed by atoms with Gasteiger partial charge in [-0.3, -0.25) is 4.68 Å². The van der Waals surface area contributed by atoms with Gasteiger partial charge in [0.05, 0.1) is 12.2 Å². The summed E-state index contributed by atoms with van der Waals surface area (Å²) in [6, 6.07) is 7.55. The lowest BCUT2D eigenvalue weighted by Gasteiger charge is -2.06. The molecule has 0 radical (unpaired) electrons. The molecule has 2 aromatic rings. The Labute approximate surface area is 128 Å². The highest BCUT2D eigenvalue weighted by Gasteiger charge is 2.26. The zero-order valence-corrected chi connectivity index (χ0v) is 12.4. The SMILES string of the molecule is O=C(O)c1cn(Cc2ccccc2Cl)nc1C1CCCC1. The Kier molecular flexibility index (Phi) is 3.97. The van der Waals surface area contributed by atoms with E-state index in [4.69, 9.17) is 11.6 Å². The Morgan fingerprint density at radius 3 is 2.71 bits per heavy atom. The van der Waals surface area contributed by atoms with Crippen molar-refractivity contribution in [1.29, 1.82) is 0 Å². The minimum atomic E-state index is -0.901. The van der Waals surface area contributed by atoms with E-state index in [1.807, 2.05) is 24.3 Å². The average Bonchev–Trinajstić information content (AvgIpc) is 3.10. The fourth-order valence-electron chi connectivity index (χ4n) is 2.98. The Balaban J connectivity index is 1.91. The largest absolute Gasteiger partial charge is 0.478 e. The number of hydrogen-bond donors (Lipinski definition) is 1. The number of rotatable bonds is 4. The van der Waals surface area contributed by atoms with Gasteiger partial charge in [0.15, 0.2) is 0 Å². The summed E-state index contributed by atoms with van der Waals surface area (Å²) in [6.45, 7) is 0.493. The first-order chi connectivity index (χ1) is 10.1. The predicted octanol–water partition coefficient (Wildman–Crippen LogP) is 3.94. The van der Waals surface area contributed by atoms with E-state index in [2.05, 4.69) is 5.10 Å². The quantitative estimate of drug-likeness (QED) is 0.930. The molecule has 0 aliphatic heterocycles. The summed E-state index contributed by atoms with van der Waals surface area (Å²) in [7, 11) is 0. The topological polar surface area (TPSA) is 55.1 Å². The van der Waals surface area contributed by atoms with Gasteiger partial charge in [-0.1, -0.05) is 42.6 Å². The van der Waals surface area contributed by atoms with Crippen LogP contribution in [0.4, 0.5) is 0 Å². The van der Waals surface area contributed by atoms with Crippen molar-refractivity contribution < 1.29 is 9.90 Å². The summed E-state index contributed by atoms with van der Waals surface area (Å²) in [5, 5.41) is 14.6. The molecule has 0 atom stereocenters. The van der Waals surface area contributed by atoms with E-state index in [1.165, 1.54) is 0 Å². The van der Waals surface area contributed by atoms with Gasteiger partial charge in [-0.2, -0.15) is 5.10 Å². The maximum atomic E-state index is 11.4. The third-order valence-electron chi connectivity index (χ3n) is 4.05. The third kappa shape index (κ3) is 2.95. The minimum absolute atomic E-state index is 0.281. The van der Waals surface area contributed by atoms with Crippen LogP contribution in [0.3, 0.4) is 0 Å². The van der Waals surface area contributed by atoms with Crippen LogP contribution in [0.2, 0.25) is 5.02 Å². The summed E-state index contributed by atoms with van der Waals surface area (Å²) < 4.78 is 1.69. The van der Waals surface area contributed by atoms with Crippen molar-refractivity contribution in [2.45, 2.75) is 38.1 Å². The molecule has 3 rings (SSSR count). The molecule has 1 aromatic carbocycles. The first-order valence-corrected chi connectivity index (χ1v) is 7.57. The zero-order valence-electron chi connectivity index (χ0n) is 11.6. The van der Waals surface area contributed by atoms with Crippen LogP contribution < -0.4 is 0 Å². The van der Waals surface area contributed by atoms with Crippen LogP contribution in [-0.2, 0) is 6.54 Å². The molecule has 0 spiro atoms. The van der Waals surface area contributed by atoms with Crippen LogP contribution in [0.1, 0.15) is 53.2 Å². The van der Waals surface area contributed by atoms with Crippen LogP contribution >= 0.6 is 11.6 Å². The molecule has 1 aliphatic carbocycles. The van der Waals surface area contributed by atoms with E-state index < -0.39 is 5.97 Å². The molecule has 1 heterocycles. The van der Waals surface area contributed by atoms with E-state index in [-0.39, 0.29) is 5.92 Å². The molecule has 110 valence electrons. The molecule has 0 unspecified atom stereocenters. The molecule has 0 bridgehead atoms. The van der Waals surface area contributed by atoms with E-state index in [9.17, 15) is 9.90 Å². The molecule has 0 amide bonds. The molecule has 5 heteroatoms. The van der Waals surface area contributed by atoms with Gasteiger partial charge in [-0.15, -0.1) is 0 Å². The van der Waals surface area contributed by atoms with E-state index in [0.717, 1.165) is 36.9 Å². The van der Waals surface area contributed by atoms with Crippen LogP contribution in [-0.4, -0.2) is 20.9 Å². The highest BCUT2D eigenvalue weighted by molar-refractivity contribution is 6.31. The maximum absolute atomic E-state index is 11.4. The molecule has 1 aromatic heterocycles. The molecule has 0 saturated heterocycles. The first-order valence-electron chi connectivity index (χ1n) is 7.19. The molecule has 1 fully saturated rings. The number of aromatic nitrogens is 2. The molecule has 1 saturated carbocycles. The van der Waals surface area contributed by atoms with Crippen LogP contribution in [0.25, 0.3) is 0 Å². The van der Waals surface area contributed by atoms with Gasteiger partial charge >= 0.3 is 5.97 Å². The Morgan fingerprint density at radius 1 is 1.33 bits per heavy atom. The lowest BCUT2D eigenvalue weighted by atomic mass is 10.0. The van der Waals surface area contributed by atoms with Gasteiger partial charge in [-0.05, 0) is 24.5 Å².